The van der Waals surface area contributed by atoms with Crippen LogP contribution in [0, 0.1) is 18.8 Å². The van der Waals surface area contributed by atoms with Gasteiger partial charge in [-0.05, 0) is 54.5 Å². The molecule has 0 spiro atoms. The van der Waals surface area contributed by atoms with Crippen molar-refractivity contribution in [3.63, 3.8) is 0 Å². The number of amides is 1. The molecule has 2 fully saturated rings. The van der Waals surface area contributed by atoms with Crippen molar-refractivity contribution in [3.05, 3.63) is 101 Å². The molecule has 3 aromatic rings. The third kappa shape index (κ3) is 4.67. The van der Waals surface area contributed by atoms with Crippen molar-refractivity contribution in [2.75, 3.05) is 11.9 Å². The number of aliphatic hydroxyl groups is 1. The highest BCUT2D eigenvalue weighted by atomic mass is 16.3. The predicted molar refractivity (Wildman–Crippen MR) is 147 cm³/mol. The van der Waals surface area contributed by atoms with E-state index in [0.717, 1.165) is 49.9 Å². The molecule has 2 aliphatic heterocycles. The van der Waals surface area contributed by atoms with E-state index in [1.807, 2.05) is 30.3 Å². The highest BCUT2D eigenvalue weighted by molar-refractivity contribution is 5.81. The summed E-state index contributed by atoms with van der Waals surface area (Å²) in [4.78, 5) is 16.5. The topological polar surface area (TPSA) is 64.6 Å². The van der Waals surface area contributed by atoms with Crippen LogP contribution in [0.1, 0.15) is 72.7 Å². The zero-order chi connectivity index (χ0) is 25.4. The van der Waals surface area contributed by atoms with Crippen molar-refractivity contribution in [1.82, 2.24) is 10.2 Å². The summed E-state index contributed by atoms with van der Waals surface area (Å²) in [5.41, 5.74) is 5.72. The number of nitrogens with one attached hydrogen (secondary N) is 2. The monoisotopic (exact) mass is 495 g/mol. The maximum absolute atomic E-state index is 14.3. The first-order valence-electron chi connectivity index (χ1n) is 13.8. The summed E-state index contributed by atoms with van der Waals surface area (Å²) >= 11 is 0. The van der Waals surface area contributed by atoms with Gasteiger partial charge in [0.05, 0.1) is 18.0 Å². The Kier molecular flexibility index (Phi) is 6.74. The Morgan fingerprint density at radius 2 is 1.70 bits per heavy atom. The van der Waals surface area contributed by atoms with Crippen LogP contribution in [-0.4, -0.2) is 28.5 Å². The number of hydrogen-bond acceptors (Lipinski definition) is 4. The van der Waals surface area contributed by atoms with Gasteiger partial charge in [0.1, 0.15) is 6.23 Å². The Morgan fingerprint density at radius 1 is 0.973 bits per heavy atom. The first-order valence-corrected chi connectivity index (χ1v) is 13.8. The summed E-state index contributed by atoms with van der Waals surface area (Å²) in [6.45, 7) is 2.90. The van der Waals surface area contributed by atoms with E-state index in [1.165, 1.54) is 16.7 Å². The molecule has 0 bridgehead atoms. The number of fused-ring (bicyclic) bond motifs is 3. The van der Waals surface area contributed by atoms with Gasteiger partial charge >= 0.3 is 0 Å². The molecule has 6 atom stereocenters. The normalized spacial score (nSPS) is 27.6. The molecule has 5 nitrogen and oxygen atoms in total. The van der Waals surface area contributed by atoms with Crippen molar-refractivity contribution in [2.45, 2.75) is 63.4 Å². The molecule has 5 heteroatoms. The van der Waals surface area contributed by atoms with Crippen molar-refractivity contribution < 1.29 is 9.90 Å². The fraction of sp³-hybridized carbons (Fsp3) is 0.406. The molecule has 3 aromatic carbocycles. The quantitative estimate of drug-likeness (QED) is 0.386. The van der Waals surface area contributed by atoms with Gasteiger partial charge in [-0.15, -0.1) is 0 Å². The van der Waals surface area contributed by atoms with Crippen molar-refractivity contribution >= 4 is 11.6 Å². The van der Waals surface area contributed by atoms with Crippen LogP contribution in [-0.2, 0) is 4.79 Å². The van der Waals surface area contributed by atoms with E-state index in [4.69, 9.17) is 0 Å². The van der Waals surface area contributed by atoms with Crippen LogP contribution in [0.15, 0.2) is 78.9 Å². The van der Waals surface area contributed by atoms with Gasteiger partial charge in [-0.1, -0.05) is 85.6 Å². The molecule has 1 unspecified atom stereocenters. The molecule has 1 amide bonds. The Balaban J connectivity index is 1.29. The number of hydrogen-bond donors (Lipinski definition) is 3. The third-order valence-corrected chi connectivity index (χ3v) is 8.72. The zero-order valence-corrected chi connectivity index (χ0v) is 21.5. The predicted octanol–water partition coefficient (Wildman–Crippen LogP) is 5.89. The van der Waals surface area contributed by atoms with E-state index in [-0.39, 0.29) is 30.0 Å². The van der Waals surface area contributed by atoms with Crippen molar-refractivity contribution in [1.29, 1.82) is 0 Å². The number of aryl methyl sites for hydroxylation is 1. The SMILES string of the molecule is Cc1ccc2c(c1)N[C@H](c1ccccc1)[C@@H]1CCN(C(=O)[C@H]3CCCC[C@H]3NC(O)c3ccccc3)[C@H]21. The van der Waals surface area contributed by atoms with Crippen LogP contribution in [0.25, 0.3) is 0 Å². The van der Waals surface area contributed by atoms with Gasteiger partial charge in [0.2, 0.25) is 5.91 Å². The van der Waals surface area contributed by atoms with Crippen LogP contribution in [0.3, 0.4) is 0 Å². The molecule has 3 N–H and O–H groups in total. The summed E-state index contributed by atoms with van der Waals surface area (Å²) in [5, 5.41) is 18.2. The van der Waals surface area contributed by atoms with Gasteiger partial charge in [0, 0.05) is 24.2 Å². The smallest absolute Gasteiger partial charge is 0.227 e. The lowest BCUT2D eigenvalue weighted by Crippen LogP contribution is -2.49. The number of rotatable bonds is 5. The first-order chi connectivity index (χ1) is 18.1. The average molecular weight is 496 g/mol. The van der Waals surface area contributed by atoms with Crippen LogP contribution in [0.5, 0.6) is 0 Å². The number of nitrogens with zero attached hydrogens (tertiary/aromatic N) is 1. The Bertz CT molecular complexity index is 1230. The van der Waals surface area contributed by atoms with E-state index < -0.39 is 6.23 Å². The summed E-state index contributed by atoms with van der Waals surface area (Å²) in [6.07, 6.45) is 4.13. The van der Waals surface area contributed by atoms with Gasteiger partial charge in [-0.25, -0.2) is 0 Å². The van der Waals surface area contributed by atoms with E-state index in [0.29, 0.717) is 5.92 Å². The lowest BCUT2D eigenvalue weighted by Gasteiger charge is -2.42. The van der Waals surface area contributed by atoms with Crippen LogP contribution < -0.4 is 10.6 Å². The number of aliphatic hydroxyl groups excluding tert-OH is 1. The molecule has 6 rings (SSSR count). The standard InChI is InChI=1S/C32H37N3O2/c1-21-16-17-24-28(20-21)33-29(22-10-4-2-5-11-22)26-18-19-35(30(24)26)32(37)25-14-8-9-15-27(25)34-31(36)23-12-6-3-7-13-23/h2-7,10-13,16-17,20,25-27,29-31,33-34,36H,8-9,14-15,18-19H2,1H3/t25-,26-,27+,29+,30+,31?/m0/s1. The molecule has 0 aromatic heterocycles. The van der Waals surface area contributed by atoms with Crippen LogP contribution in [0.2, 0.25) is 0 Å². The van der Waals surface area contributed by atoms with Gasteiger partial charge < -0.3 is 15.3 Å². The molecule has 1 saturated heterocycles. The molecule has 37 heavy (non-hydrogen) atoms. The second kappa shape index (κ2) is 10.3. The second-order valence-corrected chi connectivity index (χ2v) is 11.0. The second-order valence-electron chi connectivity index (χ2n) is 11.0. The highest BCUT2D eigenvalue weighted by Crippen LogP contribution is 2.52. The summed E-state index contributed by atoms with van der Waals surface area (Å²) in [7, 11) is 0. The summed E-state index contributed by atoms with van der Waals surface area (Å²) < 4.78 is 0. The largest absolute Gasteiger partial charge is 0.378 e. The number of likely N-dealkylation sites (tertiary alicyclic amines) is 1. The van der Waals surface area contributed by atoms with Gasteiger partial charge in [0.15, 0.2) is 0 Å². The lowest BCUT2D eigenvalue weighted by atomic mass is 9.79. The van der Waals surface area contributed by atoms with Gasteiger partial charge in [-0.3, -0.25) is 10.1 Å². The molecule has 192 valence electrons. The molecular weight excluding hydrogens is 458 g/mol. The summed E-state index contributed by atoms with van der Waals surface area (Å²) in [5.74, 6) is 0.446. The average Bonchev–Trinajstić information content (AvgIpc) is 3.39. The summed E-state index contributed by atoms with van der Waals surface area (Å²) in [6, 6.07) is 27.2. The van der Waals surface area contributed by atoms with E-state index >= 15 is 0 Å². The Hall–Kier alpha value is -3.15. The fourth-order valence-corrected chi connectivity index (χ4v) is 6.90. The van der Waals surface area contributed by atoms with E-state index in [1.54, 1.807) is 0 Å². The van der Waals surface area contributed by atoms with Crippen molar-refractivity contribution in [3.8, 4) is 0 Å². The Labute approximate surface area is 219 Å². The maximum Gasteiger partial charge on any atom is 0.227 e. The van der Waals surface area contributed by atoms with Crippen LogP contribution in [0.4, 0.5) is 5.69 Å². The van der Waals surface area contributed by atoms with Crippen LogP contribution >= 0.6 is 0 Å². The number of carbonyl (C=O) groups excluding carboxylic acids is 1. The zero-order valence-electron chi connectivity index (χ0n) is 21.5. The third-order valence-electron chi connectivity index (χ3n) is 8.72. The van der Waals surface area contributed by atoms with E-state index in [2.05, 4.69) is 71.0 Å². The van der Waals surface area contributed by atoms with Gasteiger partial charge in [0.25, 0.3) is 0 Å². The highest BCUT2D eigenvalue weighted by Gasteiger charge is 2.48. The lowest BCUT2D eigenvalue weighted by molar-refractivity contribution is -0.139. The number of benzene rings is 3. The van der Waals surface area contributed by atoms with Crippen molar-refractivity contribution in [2.24, 2.45) is 11.8 Å². The van der Waals surface area contributed by atoms with Gasteiger partial charge in [-0.2, -0.15) is 0 Å². The molecule has 0 radical (unpaired) electrons. The first kappa shape index (κ1) is 24.2. The Morgan fingerprint density at radius 3 is 2.49 bits per heavy atom. The molecular formula is C32H37N3O2. The number of anilines is 1. The molecule has 1 aliphatic carbocycles. The minimum Gasteiger partial charge on any atom is -0.378 e. The fourth-order valence-electron chi connectivity index (χ4n) is 6.90. The molecule has 2 heterocycles. The molecule has 3 aliphatic rings. The minimum atomic E-state index is -0.768. The minimum absolute atomic E-state index is 0.0281. The van der Waals surface area contributed by atoms with E-state index in [9.17, 15) is 9.90 Å². The molecule has 1 saturated carbocycles. The number of carbonyl (C=O) groups is 1. The maximum atomic E-state index is 14.3.